The Morgan fingerprint density at radius 2 is 1.71 bits per heavy atom. The van der Waals surface area contributed by atoms with E-state index in [0.717, 1.165) is 6.07 Å². The van der Waals surface area contributed by atoms with Crippen molar-refractivity contribution in [3.63, 3.8) is 0 Å². The van der Waals surface area contributed by atoms with Gasteiger partial charge in [0.05, 0.1) is 10.6 Å². The molecule has 148 valence electrons. The second-order valence-corrected chi connectivity index (χ2v) is 7.30. The fourth-order valence-electron chi connectivity index (χ4n) is 3.02. The highest BCUT2D eigenvalue weighted by Crippen LogP contribution is 2.21. The Bertz CT molecular complexity index is 886. The van der Waals surface area contributed by atoms with Crippen LogP contribution in [0.5, 0.6) is 5.75 Å². The number of hydrogen-bond acceptors (Lipinski definition) is 3. The van der Waals surface area contributed by atoms with E-state index < -0.39 is 11.9 Å². The van der Waals surface area contributed by atoms with Crippen molar-refractivity contribution in [2.75, 3.05) is 26.2 Å². The summed E-state index contributed by atoms with van der Waals surface area (Å²) >= 11 is 11.9. The van der Waals surface area contributed by atoms with Gasteiger partial charge in [-0.25, -0.2) is 4.39 Å². The van der Waals surface area contributed by atoms with Crippen LogP contribution in [0.25, 0.3) is 0 Å². The number of amides is 2. The van der Waals surface area contributed by atoms with Crippen LogP contribution in [0.2, 0.25) is 10.0 Å². The van der Waals surface area contributed by atoms with Gasteiger partial charge in [0.1, 0.15) is 11.6 Å². The Morgan fingerprint density at radius 3 is 2.36 bits per heavy atom. The van der Waals surface area contributed by atoms with Crippen LogP contribution in [0, 0.1) is 5.82 Å². The summed E-state index contributed by atoms with van der Waals surface area (Å²) < 4.78 is 18.8. The van der Waals surface area contributed by atoms with E-state index in [1.165, 1.54) is 12.1 Å². The lowest BCUT2D eigenvalue weighted by atomic mass is 10.1. The van der Waals surface area contributed by atoms with Crippen LogP contribution in [0.15, 0.2) is 42.5 Å². The van der Waals surface area contributed by atoms with Gasteiger partial charge >= 0.3 is 0 Å². The molecule has 0 bridgehead atoms. The summed E-state index contributed by atoms with van der Waals surface area (Å²) in [6.07, 6.45) is -0.674. The molecule has 0 aromatic heterocycles. The maximum atomic E-state index is 13.2. The molecule has 1 atom stereocenters. The van der Waals surface area contributed by atoms with Crippen molar-refractivity contribution in [2.24, 2.45) is 0 Å². The van der Waals surface area contributed by atoms with Gasteiger partial charge in [0.2, 0.25) is 0 Å². The quantitative estimate of drug-likeness (QED) is 0.747. The number of hydrogen-bond donors (Lipinski definition) is 0. The molecule has 2 aromatic rings. The molecule has 0 saturated carbocycles. The van der Waals surface area contributed by atoms with Crippen molar-refractivity contribution in [1.29, 1.82) is 0 Å². The summed E-state index contributed by atoms with van der Waals surface area (Å²) in [4.78, 5) is 28.5. The molecule has 0 radical (unpaired) electrons. The largest absolute Gasteiger partial charge is 0.481 e. The summed E-state index contributed by atoms with van der Waals surface area (Å²) in [5, 5.41) is 0.607. The highest BCUT2D eigenvalue weighted by molar-refractivity contribution is 6.33. The lowest BCUT2D eigenvalue weighted by Crippen LogP contribution is -2.53. The van der Waals surface area contributed by atoms with Gasteiger partial charge in [-0.05, 0) is 43.3 Å². The second-order valence-electron chi connectivity index (χ2n) is 6.46. The third kappa shape index (κ3) is 4.75. The fraction of sp³-hybridized carbons (Fsp3) is 0.300. The summed E-state index contributed by atoms with van der Waals surface area (Å²) in [7, 11) is 0. The molecule has 1 aliphatic rings. The van der Waals surface area contributed by atoms with Crippen LogP contribution in [0.3, 0.4) is 0 Å². The Hall–Kier alpha value is -2.31. The van der Waals surface area contributed by atoms with Crippen molar-refractivity contribution in [2.45, 2.75) is 13.0 Å². The number of piperazine rings is 1. The number of benzene rings is 2. The average Bonchev–Trinajstić information content (AvgIpc) is 2.67. The van der Waals surface area contributed by atoms with Gasteiger partial charge in [0.15, 0.2) is 6.10 Å². The van der Waals surface area contributed by atoms with Crippen LogP contribution in [-0.4, -0.2) is 53.9 Å². The zero-order valence-corrected chi connectivity index (χ0v) is 16.7. The van der Waals surface area contributed by atoms with Gasteiger partial charge in [-0.2, -0.15) is 0 Å². The van der Waals surface area contributed by atoms with Gasteiger partial charge in [-0.15, -0.1) is 0 Å². The Balaban J connectivity index is 1.57. The molecule has 8 heteroatoms. The Labute approximate surface area is 172 Å². The molecule has 5 nitrogen and oxygen atoms in total. The van der Waals surface area contributed by atoms with E-state index in [-0.39, 0.29) is 22.4 Å². The highest BCUT2D eigenvalue weighted by atomic mass is 35.5. The topological polar surface area (TPSA) is 49.9 Å². The van der Waals surface area contributed by atoms with Gasteiger partial charge in [0, 0.05) is 31.2 Å². The standard InChI is InChI=1S/C20H19Cl2FN2O3/c1-13(28-16-4-2-3-14(21)11-16)19(26)24-7-9-25(10-8-24)20(27)17-6-5-15(23)12-18(17)22/h2-6,11-13H,7-10H2,1H3. The third-order valence-electron chi connectivity index (χ3n) is 4.50. The lowest BCUT2D eigenvalue weighted by Gasteiger charge is -2.36. The number of rotatable bonds is 4. The van der Waals surface area contributed by atoms with E-state index in [1.807, 2.05) is 0 Å². The summed E-state index contributed by atoms with van der Waals surface area (Å²) in [5.74, 6) is -0.411. The molecule has 3 rings (SSSR count). The smallest absolute Gasteiger partial charge is 0.263 e. The summed E-state index contributed by atoms with van der Waals surface area (Å²) in [6, 6.07) is 10.5. The summed E-state index contributed by atoms with van der Waals surface area (Å²) in [5.41, 5.74) is 0.250. The van der Waals surface area contributed by atoms with Crippen molar-refractivity contribution in [1.82, 2.24) is 9.80 Å². The number of carbonyl (C=O) groups excluding carboxylic acids is 2. The van der Waals surface area contributed by atoms with Crippen LogP contribution in [0.4, 0.5) is 4.39 Å². The first kappa shape index (κ1) is 20.4. The van der Waals surface area contributed by atoms with Crippen LogP contribution in [-0.2, 0) is 4.79 Å². The molecular formula is C20H19Cl2FN2O3. The van der Waals surface area contributed by atoms with Gasteiger partial charge in [0.25, 0.3) is 11.8 Å². The molecule has 0 spiro atoms. The monoisotopic (exact) mass is 424 g/mol. The molecule has 2 aromatic carbocycles. The Kier molecular flexibility index (Phi) is 6.42. The summed E-state index contributed by atoms with van der Waals surface area (Å²) in [6.45, 7) is 3.17. The zero-order chi connectivity index (χ0) is 20.3. The minimum absolute atomic E-state index is 0.0760. The van der Waals surface area contributed by atoms with Crippen molar-refractivity contribution >= 4 is 35.0 Å². The predicted octanol–water partition coefficient (Wildman–Crippen LogP) is 3.88. The van der Waals surface area contributed by atoms with Crippen molar-refractivity contribution in [3.8, 4) is 5.75 Å². The average molecular weight is 425 g/mol. The fourth-order valence-corrected chi connectivity index (χ4v) is 3.44. The molecule has 1 saturated heterocycles. The first-order valence-electron chi connectivity index (χ1n) is 8.80. The van der Waals surface area contributed by atoms with Crippen molar-refractivity contribution < 1.29 is 18.7 Å². The molecule has 1 aliphatic heterocycles. The molecular weight excluding hydrogens is 406 g/mol. The van der Waals surface area contributed by atoms with Gasteiger partial charge in [-0.3, -0.25) is 9.59 Å². The number of nitrogens with zero attached hydrogens (tertiary/aromatic N) is 2. The van der Waals surface area contributed by atoms with E-state index in [0.29, 0.717) is 37.0 Å². The van der Waals surface area contributed by atoms with E-state index in [4.69, 9.17) is 27.9 Å². The molecule has 1 fully saturated rings. The van der Waals surface area contributed by atoms with E-state index in [1.54, 1.807) is 41.0 Å². The molecule has 0 aliphatic carbocycles. The van der Waals surface area contributed by atoms with E-state index in [9.17, 15) is 14.0 Å². The Morgan fingerprint density at radius 1 is 1.04 bits per heavy atom. The van der Waals surface area contributed by atoms with Gasteiger partial charge < -0.3 is 14.5 Å². The molecule has 2 amide bonds. The second kappa shape index (κ2) is 8.80. The normalized spacial score (nSPS) is 15.3. The third-order valence-corrected chi connectivity index (χ3v) is 5.04. The van der Waals surface area contributed by atoms with E-state index in [2.05, 4.69) is 0 Å². The number of ether oxygens (including phenoxy) is 1. The van der Waals surface area contributed by atoms with Crippen LogP contribution < -0.4 is 4.74 Å². The minimum Gasteiger partial charge on any atom is -0.481 e. The first-order valence-corrected chi connectivity index (χ1v) is 9.56. The highest BCUT2D eigenvalue weighted by Gasteiger charge is 2.29. The van der Waals surface area contributed by atoms with Gasteiger partial charge in [-0.1, -0.05) is 29.3 Å². The maximum Gasteiger partial charge on any atom is 0.263 e. The molecule has 28 heavy (non-hydrogen) atoms. The number of carbonyl (C=O) groups is 2. The zero-order valence-electron chi connectivity index (χ0n) is 15.2. The predicted molar refractivity (Wildman–Crippen MR) is 105 cm³/mol. The van der Waals surface area contributed by atoms with Crippen molar-refractivity contribution in [3.05, 3.63) is 63.9 Å². The molecule has 1 heterocycles. The van der Waals surface area contributed by atoms with E-state index >= 15 is 0 Å². The first-order chi connectivity index (χ1) is 13.3. The molecule has 0 N–H and O–H groups in total. The minimum atomic E-state index is -0.674. The van der Waals surface area contributed by atoms with Crippen LogP contribution >= 0.6 is 23.2 Å². The maximum absolute atomic E-state index is 13.2. The van der Waals surface area contributed by atoms with Crippen LogP contribution in [0.1, 0.15) is 17.3 Å². The SMILES string of the molecule is CC(Oc1cccc(Cl)c1)C(=O)N1CCN(C(=O)c2ccc(F)cc2Cl)CC1. The molecule has 1 unspecified atom stereocenters. The lowest BCUT2D eigenvalue weighted by molar-refractivity contribution is -0.139. The number of halogens is 3.